The van der Waals surface area contributed by atoms with Crippen LogP contribution in [0.25, 0.3) is 0 Å². The SMILES string of the molecule is OC[C@H]1O[C@@H]2O[C@H]3[C@H](O)[C@@H](O)[C@@H](O[C@@H]4[C@@H](O)[C@H](O)[C@H](O[C@@H]5[C@@H](O)[C@H](O)[C@H](O[C@@H]6[C@@H](O)[C@H](O)[C@H](O[C@@H]7[C@@H](O)[C@H](O)[C@H](O[C@H]8[C@H](O)[C@@H](O)[C@@H](O[C@H]9[C@H](O)[C@@H](O)[C@@H](O[C@H]1[C@H](O)[C@H]2O)O[C@@H]9CI)O[C@@H]8CI)O[C@H]7CI)O[C@H]6CI)O[C@H]5CI)O[C@H]4CI)O[C@@H]3CI. The van der Waals surface area contributed by atoms with Gasteiger partial charge in [0, 0.05) is 31.0 Å². The zero-order valence-electron chi connectivity index (χ0n) is 45.5. The van der Waals surface area contributed by atoms with E-state index in [-0.39, 0.29) is 31.0 Å². The number of hydrogen-bond donors (Lipinski definition) is 17. The topological polar surface area (TPSA) is 492 Å². The first-order chi connectivity index (χ1) is 41.9. The van der Waals surface area contributed by atoms with Crippen molar-refractivity contribution in [3.05, 3.63) is 0 Å². The minimum Gasteiger partial charge on any atom is -0.394 e. The lowest BCUT2D eigenvalue weighted by Crippen LogP contribution is -2.68. The molecule has 33 nitrogen and oxygen atoms in total. The fourth-order valence-corrected chi connectivity index (χ4v) is 16.7. The van der Waals surface area contributed by atoms with Crippen molar-refractivity contribution in [3.8, 4) is 0 Å². The number of alkyl halides is 7. The first kappa shape index (κ1) is 76.0. The Morgan fingerprint density at radius 2 is 0.284 bits per heavy atom. The zero-order valence-corrected chi connectivity index (χ0v) is 60.6. The minimum atomic E-state index is -2.04. The van der Waals surface area contributed by atoms with Gasteiger partial charge >= 0.3 is 0 Å². The molecule has 0 aromatic rings. The smallest absolute Gasteiger partial charge is 0.187 e. The molecule has 0 aromatic carbocycles. The first-order valence-electron chi connectivity index (χ1n) is 27.8. The summed E-state index contributed by atoms with van der Waals surface area (Å²) in [5, 5.41) is 196. The van der Waals surface area contributed by atoms with Crippen LogP contribution >= 0.6 is 158 Å². The van der Waals surface area contributed by atoms with Crippen LogP contribution in [0, 0.1) is 0 Å². The molecule has 30 heterocycles. The van der Waals surface area contributed by atoms with Crippen molar-refractivity contribution in [2.45, 2.75) is 246 Å². The quantitative estimate of drug-likeness (QED) is 0.0793. The molecule has 0 aliphatic carbocycles. The van der Waals surface area contributed by atoms with Gasteiger partial charge in [0.05, 0.1) is 49.3 Å². The van der Waals surface area contributed by atoms with Gasteiger partial charge in [-0.2, -0.15) is 0 Å². The molecule has 30 saturated heterocycles. The number of hydrogen-bond acceptors (Lipinski definition) is 33. The van der Waals surface area contributed by atoms with Crippen LogP contribution in [0.2, 0.25) is 0 Å². The standard InChI is InChI=1S/C48H73I7O33/c49-1-9-33-17(57)25(65)41(73-9)82-34-10(2-50)75-43(27(67)19(34)59)84-36-12(4-52)77-45(29(69)21(36)61)86-38-14(6-54)79-47(31(71)23(38)63)88-40-16(8-56)80-48(32(72)24(40)64)87-39-15(7-55)78-46(30(70)22(39)62)85-37-13(5-53)76-44(28(68)20(37)60)83-35-11(3-51)74-42(81-33)26(66)18(35)58/h9-48,56-72H,1-8H2/t9-,10-,11-,12+,13-,14+,15+,16+,17-,18-,19-,20-,21+,22+,23+,24+,25-,26-,27-,28-,29+,30+,31+,32+,33-,34-,35-,36+,37-,38+,39+,40+,41-,42-,43-,44-,45+,46+,47+,48+/m0/s1. The average Bonchev–Trinajstić information content (AvgIpc) is 1.09. The van der Waals surface area contributed by atoms with Crippen molar-refractivity contribution in [2.75, 3.05) is 37.6 Å². The van der Waals surface area contributed by atoms with Crippen molar-refractivity contribution in [3.63, 3.8) is 0 Å². The van der Waals surface area contributed by atoms with Gasteiger partial charge in [-0.25, -0.2) is 0 Å². The molecule has 0 unspecified atom stereocenters. The summed E-state index contributed by atoms with van der Waals surface area (Å²) < 4.78 is 97.1. The third-order valence-electron chi connectivity index (χ3n) is 16.7. The van der Waals surface area contributed by atoms with Crippen molar-refractivity contribution in [2.24, 2.45) is 0 Å². The fraction of sp³-hybridized carbons (Fsp3) is 1.00. The number of aliphatic hydroxyl groups is 17. The Kier molecular flexibility index (Phi) is 28.9. The van der Waals surface area contributed by atoms with E-state index < -0.39 is 252 Å². The van der Waals surface area contributed by atoms with Crippen LogP contribution < -0.4 is 0 Å². The van der Waals surface area contributed by atoms with E-state index >= 15 is 0 Å². The second-order valence-electron chi connectivity index (χ2n) is 22.3. The molecule has 88 heavy (non-hydrogen) atoms. The highest BCUT2D eigenvalue weighted by atomic mass is 127. The predicted molar refractivity (Wildman–Crippen MR) is 344 cm³/mol. The second kappa shape index (κ2) is 33.5. The van der Waals surface area contributed by atoms with E-state index in [2.05, 4.69) is 0 Å². The molecular formula is C48H73I7O33. The third kappa shape index (κ3) is 15.8. The molecule has 512 valence electrons. The normalized spacial score (nSPS) is 55.4. The number of aliphatic hydroxyl groups excluding tert-OH is 17. The summed E-state index contributed by atoms with van der Waals surface area (Å²) in [6.07, 6.45) is -67.0. The largest absolute Gasteiger partial charge is 0.394 e. The number of rotatable bonds is 8. The van der Waals surface area contributed by atoms with Gasteiger partial charge in [0.25, 0.3) is 0 Å². The molecule has 30 rings (SSSR count). The second-order valence-corrected chi connectivity index (χ2v) is 28.4. The summed E-state index contributed by atoms with van der Waals surface area (Å²) >= 11 is 13.3. The van der Waals surface area contributed by atoms with Gasteiger partial charge in [-0.15, -0.1) is 0 Å². The lowest BCUT2D eigenvalue weighted by atomic mass is 9.95. The van der Waals surface area contributed by atoms with Crippen molar-refractivity contribution < 1.29 is 163 Å². The summed E-state index contributed by atoms with van der Waals surface area (Å²) in [7, 11) is 0. The number of ether oxygens (including phenoxy) is 16. The molecule has 16 bridgehead atoms. The van der Waals surface area contributed by atoms with Crippen molar-refractivity contribution in [1.82, 2.24) is 0 Å². The maximum Gasteiger partial charge on any atom is 0.187 e. The Bertz CT molecular complexity index is 1730. The summed E-state index contributed by atoms with van der Waals surface area (Å²) in [5.41, 5.74) is 0. The van der Waals surface area contributed by atoms with Crippen LogP contribution in [0.4, 0.5) is 0 Å². The van der Waals surface area contributed by atoms with E-state index in [4.69, 9.17) is 75.8 Å². The molecule has 0 saturated carbocycles. The Labute approximate surface area is 597 Å². The van der Waals surface area contributed by atoms with Gasteiger partial charge in [-0.05, 0) is 0 Å². The van der Waals surface area contributed by atoms with E-state index in [1.807, 2.05) is 158 Å². The molecule has 0 aromatic heterocycles. The van der Waals surface area contributed by atoms with E-state index in [0.29, 0.717) is 0 Å². The Morgan fingerprint density at radius 1 is 0.170 bits per heavy atom. The third-order valence-corrected chi connectivity index (χ3v) is 22.8. The van der Waals surface area contributed by atoms with E-state index in [1.54, 1.807) is 0 Å². The minimum absolute atomic E-state index is 0.00567. The molecule has 0 spiro atoms. The Morgan fingerprint density at radius 3 is 0.398 bits per heavy atom. The number of halogens is 7. The highest BCUT2D eigenvalue weighted by molar-refractivity contribution is 14.1. The van der Waals surface area contributed by atoms with Crippen LogP contribution in [0.5, 0.6) is 0 Å². The molecule has 30 aliphatic heterocycles. The van der Waals surface area contributed by atoms with Crippen LogP contribution in [0.15, 0.2) is 0 Å². The Hall–Kier alpha value is 3.79. The van der Waals surface area contributed by atoms with Gasteiger partial charge in [0.1, 0.15) is 153 Å². The molecule has 40 heteroatoms. The monoisotopic (exact) mass is 2070 g/mol. The lowest BCUT2D eigenvalue weighted by molar-refractivity contribution is -0.397. The highest BCUT2D eigenvalue weighted by Crippen LogP contribution is 2.41. The van der Waals surface area contributed by atoms with Crippen LogP contribution in [0.1, 0.15) is 0 Å². The van der Waals surface area contributed by atoms with E-state index in [9.17, 15) is 86.8 Å². The van der Waals surface area contributed by atoms with Gasteiger partial charge in [-0.3, -0.25) is 0 Å². The highest BCUT2D eigenvalue weighted by Gasteiger charge is 2.60. The molecular weight excluding hydrogens is 1990 g/mol. The first-order valence-corrected chi connectivity index (χ1v) is 38.5. The molecule has 0 radical (unpaired) electrons. The van der Waals surface area contributed by atoms with E-state index in [1.165, 1.54) is 0 Å². The molecule has 30 fully saturated rings. The zero-order chi connectivity index (χ0) is 64.1. The van der Waals surface area contributed by atoms with Gasteiger partial charge in [0.2, 0.25) is 0 Å². The van der Waals surface area contributed by atoms with Crippen LogP contribution in [-0.2, 0) is 75.8 Å². The molecule has 30 aliphatic rings. The van der Waals surface area contributed by atoms with Crippen molar-refractivity contribution >= 4 is 158 Å². The van der Waals surface area contributed by atoms with Crippen LogP contribution in [0.3, 0.4) is 0 Å². The van der Waals surface area contributed by atoms with Gasteiger partial charge in [-0.1, -0.05) is 158 Å². The van der Waals surface area contributed by atoms with Gasteiger partial charge < -0.3 is 163 Å². The summed E-state index contributed by atoms with van der Waals surface area (Å²) in [4.78, 5) is 0. The summed E-state index contributed by atoms with van der Waals surface area (Å²) in [6.45, 7) is -0.916. The summed E-state index contributed by atoms with van der Waals surface area (Å²) in [6, 6.07) is 0. The lowest BCUT2D eigenvalue weighted by Gasteiger charge is -2.50. The Balaban J connectivity index is 0.975. The maximum absolute atomic E-state index is 11.7. The average molecular weight is 2070 g/mol. The molecule has 40 atom stereocenters. The summed E-state index contributed by atoms with van der Waals surface area (Å²) in [5.74, 6) is 0. The molecule has 17 N–H and O–H groups in total. The predicted octanol–water partition coefficient (Wildman–Crippen LogP) is -7.31. The van der Waals surface area contributed by atoms with E-state index in [0.717, 1.165) is 0 Å². The van der Waals surface area contributed by atoms with Gasteiger partial charge in [0.15, 0.2) is 50.3 Å². The van der Waals surface area contributed by atoms with Crippen molar-refractivity contribution in [1.29, 1.82) is 0 Å². The maximum atomic E-state index is 11.7. The fourth-order valence-electron chi connectivity index (χ4n) is 11.7. The van der Waals surface area contributed by atoms with Crippen LogP contribution in [-0.4, -0.2) is 370 Å². The molecule has 0 amide bonds.